The van der Waals surface area contributed by atoms with Crippen molar-refractivity contribution in [3.8, 4) is 5.06 Å². The number of halogens is 1. The highest BCUT2D eigenvalue weighted by Crippen LogP contribution is 2.34. The van der Waals surface area contributed by atoms with Gasteiger partial charge in [-0.3, -0.25) is 14.4 Å². The molecule has 3 aromatic rings. The molecule has 0 bridgehead atoms. The summed E-state index contributed by atoms with van der Waals surface area (Å²) in [4.78, 5) is 48.7. The number of piperazine rings is 1. The van der Waals surface area contributed by atoms with Gasteiger partial charge < -0.3 is 25.4 Å². The Labute approximate surface area is 210 Å². The second kappa shape index (κ2) is 10.4. The van der Waals surface area contributed by atoms with E-state index in [1.54, 1.807) is 4.90 Å². The number of hydrogen-bond donors (Lipinski definition) is 2. The van der Waals surface area contributed by atoms with Gasteiger partial charge in [-0.05, 0) is 30.2 Å². The zero-order valence-electron chi connectivity index (χ0n) is 18.9. The molecule has 3 heterocycles. The third kappa shape index (κ3) is 5.46. The number of carboxylic acid groups (broad SMARTS) is 1. The molecule has 10 nitrogen and oxygen atoms in total. The number of nitrogens with two attached hydrogens (primary N) is 1. The summed E-state index contributed by atoms with van der Waals surface area (Å²) in [6.45, 7) is 2.67. The number of aliphatic carboxylic acids is 1. The van der Waals surface area contributed by atoms with E-state index in [0.29, 0.717) is 52.4 Å². The minimum atomic E-state index is -1.02. The lowest BCUT2D eigenvalue weighted by Crippen LogP contribution is -2.59. The monoisotopic (exact) mass is 517 g/mol. The van der Waals surface area contributed by atoms with Crippen LogP contribution in [0.2, 0.25) is 4.34 Å². The Morgan fingerprint density at radius 1 is 1.29 bits per heavy atom. The van der Waals surface area contributed by atoms with Crippen LogP contribution in [0, 0.1) is 0 Å². The van der Waals surface area contributed by atoms with Crippen LogP contribution in [0.4, 0.5) is 5.82 Å². The van der Waals surface area contributed by atoms with Crippen molar-refractivity contribution >= 4 is 57.4 Å². The third-order valence-corrected chi connectivity index (χ3v) is 7.02. The SMILES string of the molecule is CC[C@H]1C(=O)N(Cc2ccc3c(N)ncnc3c2)CCN1C(=O)COc1sc(Cl)cc1CC(=O)O. The second-order valence-electron chi connectivity index (χ2n) is 8.10. The summed E-state index contributed by atoms with van der Waals surface area (Å²) in [5.74, 6) is -1.10. The maximum Gasteiger partial charge on any atom is 0.307 e. The molecule has 1 aromatic carbocycles. The van der Waals surface area contributed by atoms with E-state index >= 15 is 0 Å². The smallest absolute Gasteiger partial charge is 0.307 e. The van der Waals surface area contributed by atoms with Crippen LogP contribution in [-0.2, 0) is 27.3 Å². The molecule has 0 radical (unpaired) electrons. The van der Waals surface area contributed by atoms with Gasteiger partial charge in [-0.15, -0.1) is 0 Å². The van der Waals surface area contributed by atoms with E-state index in [0.717, 1.165) is 22.3 Å². The van der Waals surface area contributed by atoms with Crippen LogP contribution in [0.25, 0.3) is 10.9 Å². The molecular formula is C23H24ClN5O5S. The Bertz CT molecular complexity index is 1280. The van der Waals surface area contributed by atoms with E-state index in [4.69, 9.17) is 27.2 Å². The number of carbonyl (C=O) groups excluding carboxylic acids is 2. The molecule has 35 heavy (non-hydrogen) atoms. The number of rotatable bonds is 8. The number of hydrogen-bond acceptors (Lipinski definition) is 8. The molecule has 2 aromatic heterocycles. The van der Waals surface area contributed by atoms with E-state index in [-0.39, 0.29) is 24.8 Å². The van der Waals surface area contributed by atoms with Crippen LogP contribution in [0.3, 0.4) is 0 Å². The number of ether oxygens (including phenoxy) is 1. The van der Waals surface area contributed by atoms with Crippen molar-refractivity contribution in [3.05, 3.63) is 46.1 Å². The number of thiophene rings is 1. The van der Waals surface area contributed by atoms with E-state index < -0.39 is 12.0 Å². The molecule has 184 valence electrons. The Hall–Kier alpha value is -3.44. The molecule has 3 N–H and O–H groups in total. The first-order valence-corrected chi connectivity index (χ1v) is 12.2. The number of carboxylic acids is 1. The fraction of sp³-hybridized carbons (Fsp3) is 0.348. The van der Waals surface area contributed by atoms with Crippen LogP contribution in [0.5, 0.6) is 5.06 Å². The molecule has 2 amide bonds. The Morgan fingerprint density at radius 3 is 2.83 bits per heavy atom. The second-order valence-corrected chi connectivity index (χ2v) is 9.75. The quantitative estimate of drug-likeness (QED) is 0.464. The zero-order chi connectivity index (χ0) is 25.1. The van der Waals surface area contributed by atoms with Gasteiger partial charge in [0.2, 0.25) is 5.91 Å². The number of fused-ring (bicyclic) bond motifs is 1. The lowest BCUT2D eigenvalue weighted by Gasteiger charge is -2.40. The third-order valence-electron chi connectivity index (χ3n) is 5.80. The van der Waals surface area contributed by atoms with Crippen LogP contribution in [-0.4, -0.2) is 68.4 Å². The van der Waals surface area contributed by atoms with E-state index in [1.165, 1.54) is 17.3 Å². The van der Waals surface area contributed by atoms with Crippen molar-refractivity contribution in [1.82, 2.24) is 19.8 Å². The minimum Gasteiger partial charge on any atom is -0.481 e. The number of amides is 2. The van der Waals surface area contributed by atoms with Crippen molar-refractivity contribution in [2.24, 2.45) is 0 Å². The van der Waals surface area contributed by atoms with Crippen LogP contribution < -0.4 is 10.5 Å². The molecule has 12 heteroatoms. The molecular weight excluding hydrogens is 494 g/mol. The molecule has 1 fully saturated rings. The van der Waals surface area contributed by atoms with E-state index in [1.807, 2.05) is 25.1 Å². The largest absolute Gasteiger partial charge is 0.481 e. The summed E-state index contributed by atoms with van der Waals surface area (Å²) in [6, 6.07) is 6.53. The van der Waals surface area contributed by atoms with Gasteiger partial charge in [-0.2, -0.15) is 0 Å². The summed E-state index contributed by atoms with van der Waals surface area (Å²) >= 11 is 7.06. The zero-order valence-corrected chi connectivity index (χ0v) is 20.5. The van der Waals surface area contributed by atoms with E-state index in [2.05, 4.69) is 9.97 Å². The summed E-state index contributed by atoms with van der Waals surface area (Å²) < 4.78 is 5.98. The number of carbonyl (C=O) groups is 3. The maximum absolute atomic E-state index is 13.2. The first kappa shape index (κ1) is 24.7. The van der Waals surface area contributed by atoms with Gasteiger partial charge in [0.1, 0.15) is 18.2 Å². The number of benzene rings is 1. The molecule has 0 unspecified atom stereocenters. The van der Waals surface area contributed by atoms with Crippen molar-refractivity contribution in [2.75, 3.05) is 25.4 Å². The standard InChI is InChI=1S/C23H24ClN5O5S/c1-2-17-22(33)28(10-13-3-4-15-16(7-13)26-12-27-21(15)25)5-6-29(17)19(30)11-34-23-14(9-20(31)32)8-18(24)35-23/h3-4,7-8,12,17H,2,5-6,9-11H2,1H3,(H,31,32)(H2,25,26,27)/t17-/m0/s1. The first-order chi connectivity index (χ1) is 16.8. The Kier molecular flexibility index (Phi) is 7.37. The van der Waals surface area contributed by atoms with Gasteiger partial charge in [0, 0.05) is 30.6 Å². The highest BCUT2D eigenvalue weighted by atomic mass is 35.5. The Morgan fingerprint density at radius 2 is 2.09 bits per heavy atom. The van der Waals surface area contributed by atoms with Gasteiger partial charge in [0.25, 0.3) is 5.91 Å². The lowest BCUT2D eigenvalue weighted by molar-refractivity contribution is -0.153. The molecule has 0 spiro atoms. The molecule has 1 aliphatic heterocycles. The number of aromatic nitrogens is 2. The first-order valence-electron chi connectivity index (χ1n) is 11.0. The number of nitrogens with zero attached hydrogens (tertiary/aromatic N) is 4. The van der Waals surface area contributed by atoms with Crippen LogP contribution in [0.15, 0.2) is 30.6 Å². The average Bonchev–Trinajstić information content (AvgIpc) is 3.16. The summed E-state index contributed by atoms with van der Waals surface area (Å²) in [7, 11) is 0. The molecule has 1 aliphatic rings. The highest BCUT2D eigenvalue weighted by molar-refractivity contribution is 7.18. The predicted molar refractivity (Wildman–Crippen MR) is 131 cm³/mol. The van der Waals surface area contributed by atoms with Gasteiger partial charge in [0.15, 0.2) is 11.7 Å². The van der Waals surface area contributed by atoms with Crippen molar-refractivity contribution in [3.63, 3.8) is 0 Å². The molecule has 4 rings (SSSR count). The molecule has 0 aliphatic carbocycles. The summed E-state index contributed by atoms with van der Waals surface area (Å²) in [6.07, 6.45) is 1.60. The lowest BCUT2D eigenvalue weighted by atomic mass is 10.1. The normalized spacial score (nSPS) is 16.1. The van der Waals surface area contributed by atoms with Crippen molar-refractivity contribution in [2.45, 2.75) is 32.4 Å². The molecule has 0 saturated carbocycles. The topological polar surface area (TPSA) is 139 Å². The minimum absolute atomic E-state index is 0.139. The van der Waals surface area contributed by atoms with E-state index in [9.17, 15) is 14.4 Å². The molecule has 1 saturated heterocycles. The maximum atomic E-state index is 13.2. The average molecular weight is 518 g/mol. The fourth-order valence-electron chi connectivity index (χ4n) is 4.13. The van der Waals surface area contributed by atoms with Gasteiger partial charge in [-0.1, -0.05) is 35.9 Å². The molecule has 1 atom stereocenters. The van der Waals surface area contributed by atoms with Crippen molar-refractivity contribution < 1.29 is 24.2 Å². The van der Waals surface area contributed by atoms with Gasteiger partial charge >= 0.3 is 5.97 Å². The highest BCUT2D eigenvalue weighted by Gasteiger charge is 2.36. The number of nitrogen functional groups attached to an aromatic ring is 1. The van der Waals surface area contributed by atoms with Gasteiger partial charge in [-0.25, -0.2) is 9.97 Å². The van der Waals surface area contributed by atoms with Gasteiger partial charge in [0.05, 0.1) is 16.3 Å². The van der Waals surface area contributed by atoms with Crippen LogP contribution >= 0.6 is 22.9 Å². The Balaban J connectivity index is 1.41. The summed E-state index contributed by atoms with van der Waals surface area (Å²) in [5, 5.41) is 10.1. The summed E-state index contributed by atoms with van der Waals surface area (Å²) in [5.41, 5.74) is 7.91. The fourth-order valence-corrected chi connectivity index (χ4v) is 5.23. The number of anilines is 1. The predicted octanol–water partition coefficient (Wildman–Crippen LogP) is 2.58. The van der Waals surface area contributed by atoms with Crippen LogP contribution in [0.1, 0.15) is 24.5 Å². The van der Waals surface area contributed by atoms with Crippen molar-refractivity contribution in [1.29, 1.82) is 0 Å².